The lowest BCUT2D eigenvalue weighted by atomic mass is 9.92. The summed E-state index contributed by atoms with van der Waals surface area (Å²) in [5.41, 5.74) is 2.14. The average molecular weight is 268 g/mol. The Morgan fingerprint density at radius 3 is 2.30 bits per heavy atom. The summed E-state index contributed by atoms with van der Waals surface area (Å²) in [5, 5.41) is 2.83. The molecule has 20 heavy (non-hydrogen) atoms. The standard InChI is InChI=1S/C17H20N2O/c1-17(2,3)11-16(20)19-15-10-9-14(12-18-15)13-7-5-4-6-8-13/h4-10,12H,11H2,1-3H3,(H,18,19,20). The highest BCUT2D eigenvalue weighted by molar-refractivity contribution is 5.90. The van der Waals surface area contributed by atoms with Crippen molar-refractivity contribution in [3.05, 3.63) is 48.7 Å². The molecule has 0 saturated carbocycles. The fourth-order valence-corrected chi connectivity index (χ4v) is 1.94. The van der Waals surface area contributed by atoms with Crippen LogP contribution in [0, 0.1) is 5.41 Å². The van der Waals surface area contributed by atoms with E-state index in [1.165, 1.54) is 0 Å². The van der Waals surface area contributed by atoms with Crippen molar-refractivity contribution in [1.82, 2.24) is 4.98 Å². The molecular weight excluding hydrogens is 248 g/mol. The van der Waals surface area contributed by atoms with Gasteiger partial charge in [0.15, 0.2) is 0 Å². The summed E-state index contributed by atoms with van der Waals surface area (Å²) in [6.45, 7) is 6.12. The first-order valence-electron chi connectivity index (χ1n) is 6.75. The Kier molecular flexibility index (Phi) is 4.18. The molecule has 3 nitrogen and oxygen atoms in total. The van der Waals surface area contributed by atoms with Crippen molar-refractivity contribution in [1.29, 1.82) is 0 Å². The van der Waals surface area contributed by atoms with E-state index in [1.807, 2.05) is 63.2 Å². The molecule has 1 N–H and O–H groups in total. The van der Waals surface area contributed by atoms with Crippen LogP contribution in [0.2, 0.25) is 0 Å². The fourth-order valence-electron chi connectivity index (χ4n) is 1.94. The van der Waals surface area contributed by atoms with Crippen LogP contribution in [0.25, 0.3) is 11.1 Å². The van der Waals surface area contributed by atoms with Crippen LogP contribution < -0.4 is 5.32 Å². The van der Waals surface area contributed by atoms with Gasteiger partial charge in [0.25, 0.3) is 0 Å². The Bertz CT molecular complexity index is 568. The molecule has 0 aliphatic heterocycles. The normalized spacial score (nSPS) is 11.2. The number of hydrogen-bond acceptors (Lipinski definition) is 2. The third-order valence-electron chi connectivity index (χ3n) is 2.83. The Morgan fingerprint density at radius 1 is 1.05 bits per heavy atom. The monoisotopic (exact) mass is 268 g/mol. The van der Waals surface area contributed by atoms with Crippen molar-refractivity contribution < 1.29 is 4.79 Å². The molecule has 3 heteroatoms. The number of nitrogens with one attached hydrogen (secondary N) is 1. The van der Waals surface area contributed by atoms with E-state index in [0.717, 1.165) is 11.1 Å². The second-order valence-corrected chi connectivity index (χ2v) is 6.08. The molecule has 2 aromatic rings. The number of rotatable bonds is 3. The lowest BCUT2D eigenvalue weighted by Crippen LogP contribution is -2.20. The van der Waals surface area contributed by atoms with Gasteiger partial charge in [-0.1, -0.05) is 51.1 Å². The highest BCUT2D eigenvalue weighted by atomic mass is 16.1. The Balaban J connectivity index is 2.04. The van der Waals surface area contributed by atoms with Crippen molar-refractivity contribution >= 4 is 11.7 Å². The number of aromatic nitrogens is 1. The van der Waals surface area contributed by atoms with Crippen molar-refractivity contribution in [3.8, 4) is 11.1 Å². The first kappa shape index (κ1) is 14.3. The average Bonchev–Trinajstić information content (AvgIpc) is 2.38. The SMILES string of the molecule is CC(C)(C)CC(=O)Nc1ccc(-c2ccccc2)cn1. The largest absolute Gasteiger partial charge is 0.311 e. The quantitative estimate of drug-likeness (QED) is 0.909. The number of benzene rings is 1. The maximum atomic E-state index is 11.8. The molecule has 0 spiro atoms. The molecular formula is C17H20N2O. The van der Waals surface area contributed by atoms with Gasteiger partial charge in [-0.2, -0.15) is 0 Å². The summed E-state index contributed by atoms with van der Waals surface area (Å²) >= 11 is 0. The molecule has 0 saturated heterocycles. The first-order valence-corrected chi connectivity index (χ1v) is 6.75. The molecule has 104 valence electrons. The number of carbonyl (C=O) groups is 1. The number of anilines is 1. The van der Waals surface area contributed by atoms with Crippen LogP contribution in [-0.2, 0) is 4.79 Å². The zero-order valence-corrected chi connectivity index (χ0v) is 12.2. The van der Waals surface area contributed by atoms with E-state index in [-0.39, 0.29) is 11.3 Å². The van der Waals surface area contributed by atoms with Crippen LogP contribution in [0.3, 0.4) is 0 Å². The van der Waals surface area contributed by atoms with Crippen LogP contribution >= 0.6 is 0 Å². The van der Waals surface area contributed by atoms with Gasteiger partial charge in [-0.15, -0.1) is 0 Å². The van der Waals surface area contributed by atoms with Crippen LogP contribution in [0.5, 0.6) is 0 Å². The molecule has 0 atom stereocenters. The smallest absolute Gasteiger partial charge is 0.226 e. The van der Waals surface area contributed by atoms with Crippen molar-refractivity contribution in [2.45, 2.75) is 27.2 Å². The number of carbonyl (C=O) groups excluding carboxylic acids is 1. The fraction of sp³-hybridized carbons (Fsp3) is 0.294. The van der Waals surface area contributed by atoms with Gasteiger partial charge in [0.2, 0.25) is 5.91 Å². The summed E-state index contributed by atoms with van der Waals surface area (Å²) < 4.78 is 0. The number of amides is 1. The van der Waals surface area contributed by atoms with E-state index >= 15 is 0 Å². The molecule has 0 aliphatic carbocycles. The maximum Gasteiger partial charge on any atom is 0.226 e. The minimum atomic E-state index is -0.0198. The van der Waals surface area contributed by atoms with E-state index in [4.69, 9.17) is 0 Å². The second kappa shape index (κ2) is 5.87. The lowest BCUT2D eigenvalue weighted by molar-refractivity contribution is -0.117. The lowest BCUT2D eigenvalue weighted by Gasteiger charge is -2.17. The summed E-state index contributed by atoms with van der Waals surface area (Å²) in [6, 6.07) is 13.8. The van der Waals surface area contributed by atoms with Crippen molar-refractivity contribution in [2.24, 2.45) is 5.41 Å². The molecule has 0 aliphatic rings. The second-order valence-electron chi connectivity index (χ2n) is 6.08. The van der Waals surface area contributed by atoms with E-state index in [2.05, 4.69) is 10.3 Å². The van der Waals surface area contributed by atoms with E-state index in [1.54, 1.807) is 6.20 Å². The minimum absolute atomic E-state index is 0.00235. The van der Waals surface area contributed by atoms with Gasteiger partial charge < -0.3 is 5.32 Å². The van der Waals surface area contributed by atoms with Crippen LogP contribution in [0.15, 0.2) is 48.7 Å². The van der Waals surface area contributed by atoms with Crippen LogP contribution in [-0.4, -0.2) is 10.9 Å². The molecule has 0 bridgehead atoms. The topological polar surface area (TPSA) is 42.0 Å². The zero-order valence-electron chi connectivity index (χ0n) is 12.2. The zero-order chi connectivity index (χ0) is 14.6. The van der Waals surface area contributed by atoms with Gasteiger partial charge >= 0.3 is 0 Å². The van der Waals surface area contributed by atoms with E-state index in [0.29, 0.717) is 12.2 Å². The Hall–Kier alpha value is -2.16. The Labute approximate surface area is 120 Å². The number of nitrogens with zero attached hydrogens (tertiary/aromatic N) is 1. The summed E-state index contributed by atoms with van der Waals surface area (Å²) in [6.07, 6.45) is 2.26. The third-order valence-corrected chi connectivity index (χ3v) is 2.83. The van der Waals surface area contributed by atoms with Crippen LogP contribution in [0.4, 0.5) is 5.82 Å². The van der Waals surface area contributed by atoms with E-state index in [9.17, 15) is 4.79 Å². The molecule has 1 heterocycles. The van der Waals surface area contributed by atoms with Gasteiger partial charge in [0.05, 0.1) is 0 Å². The minimum Gasteiger partial charge on any atom is -0.311 e. The molecule has 1 amide bonds. The third kappa shape index (κ3) is 4.19. The van der Waals surface area contributed by atoms with Gasteiger partial charge in [-0.3, -0.25) is 4.79 Å². The molecule has 0 unspecified atom stereocenters. The van der Waals surface area contributed by atoms with Gasteiger partial charge in [-0.25, -0.2) is 4.98 Å². The van der Waals surface area contributed by atoms with Gasteiger partial charge in [0, 0.05) is 18.2 Å². The molecule has 0 radical (unpaired) electrons. The number of hydrogen-bond donors (Lipinski definition) is 1. The summed E-state index contributed by atoms with van der Waals surface area (Å²) in [7, 11) is 0. The van der Waals surface area contributed by atoms with E-state index < -0.39 is 0 Å². The van der Waals surface area contributed by atoms with Crippen molar-refractivity contribution in [3.63, 3.8) is 0 Å². The predicted molar refractivity (Wildman–Crippen MR) is 82.4 cm³/mol. The predicted octanol–water partition coefficient (Wildman–Crippen LogP) is 4.12. The highest BCUT2D eigenvalue weighted by Gasteiger charge is 2.16. The molecule has 2 rings (SSSR count). The Morgan fingerprint density at radius 2 is 1.75 bits per heavy atom. The maximum absolute atomic E-state index is 11.8. The highest BCUT2D eigenvalue weighted by Crippen LogP contribution is 2.21. The molecule has 0 fully saturated rings. The molecule has 1 aromatic heterocycles. The van der Waals surface area contributed by atoms with Gasteiger partial charge in [0.1, 0.15) is 5.82 Å². The molecule has 1 aromatic carbocycles. The summed E-state index contributed by atoms with van der Waals surface area (Å²) in [5.74, 6) is 0.594. The van der Waals surface area contributed by atoms with Gasteiger partial charge in [-0.05, 0) is 23.1 Å². The van der Waals surface area contributed by atoms with Crippen LogP contribution in [0.1, 0.15) is 27.2 Å². The van der Waals surface area contributed by atoms with Crippen molar-refractivity contribution in [2.75, 3.05) is 5.32 Å². The first-order chi connectivity index (χ1) is 9.44. The number of pyridine rings is 1. The summed E-state index contributed by atoms with van der Waals surface area (Å²) in [4.78, 5) is 16.1.